The molecule has 0 fully saturated rings. The molecule has 0 radical (unpaired) electrons. The van der Waals surface area contributed by atoms with Gasteiger partial charge in [-0.15, -0.1) is 0 Å². The molecule has 2 aromatic rings. The Morgan fingerprint density at radius 2 is 1.71 bits per heavy atom. The largest absolute Gasteiger partial charge is 0.457 e. The van der Waals surface area contributed by atoms with E-state index in [9.17, 15) is 8.78 Å². The van der Waals surface area contributed by atoms with Gasteiger partial charge in [0, 0.05) is 31.8 Å². The highest BCUT2D eigenvalue weighted by Crippen LogP contribution is 2.32. The summed E-state index contributed by atoms with van der Waals surface area (Å²) in [6.07, 6.45) is 2.85. The minimum Gasteiger partial charge on any atom is -0.457 e. The van der Waals surface area contributed by atoms with Crippen LogP contribution < -0.4 is 4.74 Å². The molecule has 0 aliphatic carbocycles. The lowest BCUT2D eigenvalue weighted by Crippen LogP contribution is -2.16. The number of aliphatic imine (C=N–C) groups is 1. The maximum atomic E-state index is 13.3. The van der Waals surface area contributed by atoms with Crippen LogP contribution in [0.25, 0.3) is 0 Å². The number of aryl methyl sites for hydroxylation is 2. The van der Waals surface area contributed by atoms with Gasteiger partial charge in [0.05, 0.1) is 12.0 Å². The van der Waals surface area contributed by atoms with Crippen molar-refractivity contribution in [2.75, 3.05) is 13.6 Å². The quantitative estimate of drug-likeness (QED) is 0.524. The molecule has 0 amide bonds. The highest BCUT2D eigenvalue weighted by Gasteiger charge is 2.08. The molecule has 0 bridgehead atoms. The molecule has 0 atom stereocenters. The number of hydrogen-bond acceptors (Lipinski definition) is 2. The van der Waals surface area contributed by atoms with Crippen molar-refractivity contribution in [1.29, 1.82) is 0 Å². The van der Waals surface area contributed by atoms with Crippen LogP contribution in [0.3, 0.4) is 0 Å². The number of benzene rings is 2. The fourth-order valence-corrected chi connectivity index (χ4v) is 2.31. The molecule has 0 saturated carbocycles. The van der Waals surface area contributed by atoms with Crippen molar-refractivity contribution in [3.63, 3.8) is 0 Å². The summed E-state index contributed by atoms with van der Waals surface area (Å²) in [7, 11) is 1.98. The van der Waals surface area contributed by atoms with E-state index in [1.165, 1.54) is 0 Å². The maximum Gasteiger partial charge on any atom is 0.133 e. The van der Waals surface area contributed by atoms with E-state index < -0.39 is 11.6 Å². The van der Waals surface area contributed by atoms with E-state index in [1.807, 2.05) is 37.9 Å². The third-order valence-electron chi connectivity index (χ3n) is 3.53. The first-order chi connectivity index (χ1) is 11.4. The van der Waals surface area contributed by atoms with Crippen molar-refractivity contribution >= 4 is 12.0 Å². The lowest BCUT2D eigenvalue weighted by atomic mass is 10.1. The van der Waals surface area contributed by atoms with Crippen LogP contribution >= 0.6 is 0 Å². The van der Waals surface area contributed by atoms with Crippen LogP contribution in [0.4, 0.5) is 14.5 Å². The van der Waals surface area contributed by atoms with Crippen LogP contribution in [0.2, 0.25) is 0 Å². The fraction of sp³-hybridized carbons (Fsp3) is 0.316. The van der Waals surface area contributed by atoms with E-state index in [2.05, 4.69) is 11.9 Å². The first-order valence-electron chi connectivity index (χ1n) is 7.88. The Morgan fingerprint density at radius 3 is 2.33 bits per heavy atom. The van der Waals surface area contributed by atoms with Crippen molar-refractivity contribution < 1.29 is 13.5 Å². The smallest absolute Gasteiger partial charge is 0.133 e. The minimum atomic E-state index is -0.667. The molecule has 128 valence electrons. The molecule has 24 heavy (non-hydrogen) atoms. The number of halogens is 2. The second kappa shape index (κ2) is 7.90. The van der Waals surface area contributed by atoms with Gasteiger partial charge in [0.1, 0.15) is 23.1 Å². The molecule has 2 aromatic carbocycles. The van der Waals surface area contributed by atoms with Gasteiger partial charge in [-0.3, -0.25) is 0 Å². The van der Waals surface area contributed by atoms with Gasteiger partial charge in [0.15, 0.2) is 0 Å². The summed E-state index contributed by atoms with van der Waals surface area (Å²) < 4.78 is 32.2. The number of nitrogens with zero attached hydrogens (tertiary/aromatic N) is 2. The van der Waals surface area contributed by atoms with Gasteiger partial charge >= 0.3 is 0 Å². The summed E-state index contributed by atoms with van der Waals surface area (Å²) in [6, 6.07) is 6.85. The van der Waals surface area contributed by atoms with Gasteiger partial charge in [-0.2, -0.15) is 0 Å². The van der Waals surface area contributed by atoms with Gasteiger partial charge < -0.3 is 9.64 Å². The Labute approximate surface area is 141 Å². The standard InChI is InChI=1S/C19H22F2N2O/c1-5-6-23(4)12-22-18-7-14(3)19(8-13(18)2)24-17-10-15(20)9-16(21)11-17/h7-12H,5-6H2,1-4H3/b22-12+. The zero-order valence-corrected chi connectivity index (χ0v) is 14.4. The molecule has 0 spiro atoms. The molecule has 0 aliphatic heterocycles. The molecular formula is C19H22F2N2O. The van der Waals surface area contributed by atoms with Crippen LogP contribution in [0, 0.1) is 25.5 Å². The zero-order chi connectivity index (χ0) is 17.7. The average molecular weight is 332 g/mol. The van der Waals surface area contributed by atoms with Gasteiger partial charge in [-0.25, -0.2) is 13.8 Å². The average Bonchev–Trinajstić information content (AvgIpc) is 2.48. The molecule has 3 nitrogen and oxygen atoms in total. The summed E-state index contributed by atoms with van der Waals surface area (Å²) in [6.45, 7) is 6.85. The third-order valence-corrected chi connectivity index (χ3v) is 3.53. The molecule has 0 saturated heterocycles. The van der Waals surface area contributed by atoms with Crippen LogP contribution in [0.15, 0.2) is 35.3 Å². The Hall–Kier alpha value is -2.43. The molecule has 2 rings (SSSR count). The van der Waals surface area contributed by atoms with Gasteiger partial charge in [0.25, 0.3) is 0 Å². The van der Waals surface area contributed by atoms with Crippen molar-refractivity contribution in [1.82, 2.24) is 4.90 Å². The highest BCUT2D eigenvalue weighted by molar-refractivity contribution is 5.64. The van der Waals surface area contributed by atoms with Gasteiger partial charge in [-0.1, -0.05) is 6.92 Å². The van der Waals surface area contributed by atoms with E-state index in [1.54, 1.807) is 6.34 Å². The second-order valence-electron chi connectivity index (χ2n) is 5.84. The monoisotopic (exact) mass is 332 g/mol. The van der Waals surface area contributed by atoms with Crippen molar-refractivity contribution in [2.24, 2.45) is 4.99 Å². The topological polar surface area (TPSA) is 24.8 Å². The Kier molecular flexibility index (Phi) is 5.90. The van der Waals surface area contributed by atoms with Crippen LogP contribution in [0.1, 0.15) is 24.5 Å². The number of rotatable bonds is 6. The summed E-state index contributed by atoms with van der Waals surface area (Å²) in [5.41, 5.74) is 2.61. The zero-order valence-electron chi connectivity index (χ0n) is 14.4. The lowest BCUT2D eigenvalue weighted by Gasteiger charge is -2.13. The molecule has 0 N–H and O–H groups in total. The number of ether oxygens (including phenoxy) is 1. The molecule has 0 aromatic heterocycles. The highest BCUT2D eigenvalue weighted by atomic mass is 19.1. The van der Waals surface area contributed by atoms with Crippen molar-refractivity contribution in [2.45, 2.75) is 27.2 Å². The summed E-state index contributed by atoms with van der Waals surface area (Å²) >= 11 is 0. The predicted octanol–water partition coefficient (Wildman–Crippen LogP) is 5.38. The van der Waals surface area contributed by atoms with E-state index in [-0.39, 0.29) is 5.75 Å². The SMILES string of the molecule is CCCN(C)/C=N/c1cc(C)c(Oc2cc(F)cc(F)c2)cc1C. The number of hydrogen-bond donors (Lipinski definition) is 0. The van der Waals surface area contributed by atoms with Gasteiger partial charge in [-0.05, 0) is 43.5 Å². The molecule has 0 unspecified atom stereocenters. The van der Waals surface area contributed by atoms with E-state index >= 15 is 0 Å². The second-order valence-corrected chi connectivity index (χ2v) is 5.84. The summed E-state index contributed by atoms with van der Waals surface area (Å²) in [4.78, 5) is 6.51. The molecular weight excluding hydrogens is 310 g/mol. The Balaban J connectivity index is 2.23. The maximum absolute atomic E-state index is 13.3. The minimum absolute atomic E-state index is 0.133. The third kappa shape index (κ3) is 4.78. The van der Waals surface area contributed by atoms with Crippen molar-refractivity contribution in [3.05, 3.63) is 53.1 Å². The predicted molar refractivity (Wildman–Crippen MR) is 93.4 cm³/mol. The van der Waals surface area contributed by atoms with E-state index in [0.717, 1.165) is 48.0 Å². The fourth-order valence-electron chi connectivity index (χ4n) is 2.31. The lowest BCUT2D eigenvalue weighted by molar-refractivity contribution is 0.465. The van der Waals surface area contributed by atoms with Crippen LogP contribution in [0.5, 0.6) is 11.5 Å². The van der Waals surface area contributed by atoms with Crippen molar-refractivity contribution in [3.8, 4) is 11.5 Å². The van der Waals surface area contributed by atoms with E-state index in [4.69, 9.17) is 4.74 Å². The first kappa shape index (κ1) is 17.9. The normalized spacial score (nSPS) is 11.1. The Morgan fingerprint density at radius 1 is 1.04 bits per heavy atom. The first-order valence-corrected chi connectivity index (χ1v) is 7.88. The summed E-state index contributed by atoms with van der Waals surface area (Å²) in [5, 5.41) is 0. The summed E-state index contributed by atoms with van der Waals surface area (Å²) in [5.74, 6) is -0.647. The van der Waals surface area contributed by atoms with Gasteiger partial charge in [0.2, 0.25) is 0 Å². The van der Waals surface area contributed by atoms with Crippen LogP contribution in [-0.2, 0) is 0 Å². The Bertz CT molecular complexity index is 724. The van der Waals surface area contributed by atoms with Crippen LogP contribution in [-0.4, -0.2) is 24.8 Å². The molecule has 0 heterocycles. The molecule has 0 aliphatic rings. The van der Waals surface area contributed by atoms with E-state index in [0.29, 0.717) is 5.75 Å². The molecule has 5 heteroatoms.